The van der Waals surface area contributed by atoms with E-state index in [-0.39, 0.29) is 12.1 Å². The Morgan fingerprint density at radius 2 is 1.96 bits per heavy atom. The maximum absolute atomic E-state index is 13.2. The van der Waals surface area contributed by atoms with Gasteiger partial charge in [0.25, 0.3) is 5.91 Å². The molecule has 6 heteroatoms. The Morgan fingerprint density at radius 1 is 1.11 bits per heavy atom. The molecule has 6 nitrogen and oxygen atoms in total. The van der Waals surface area contributed by atoms with Gasteiger partial charge in [0.05, 0.1) is 32.1 Å². The molecule has 0 saturated heterocycles. The molecule has 0 spiro atoms. The Balaban J connectivity index is 1.76. The van der Waals surface area contributed by atoms with E-state index in [0.29, 0.717) is 30.2 Å². The quantitative estimate of drug-likeness (QED) is 0.686. The number of hydrogen-bond donors (Lipinski definition) is 1. The molecular formula is C22H22N2O4. The molecule has 1 unspecified atom stereocenters. The number of furan rings is 1. The first kappa shape index (κ1) is 18.0. The van der Waals surface area contributed by atoms with Crippen LogP contribution in [0.25, 0.3) is 0 Å². The van der Waals surface area contributed by atoms with Crippen molar-refractivity contribution in [2.75, 3.05) is 19.0 Å². The molecule has 1 N–H and O–H groups in total. The second-order valence-electron chi connectivity index (χ2n) is 6.45. The lowest BCUT2D eigenvalue weighted by molar-refractivity contribution is 0.0651. The number of carbonyl (C=O) groups excluding carboxylic acids is 1. The first-order valence-corrected chi connectivity index (χ1v) is 9.21. The van der Waals surface area contributed by atoms with Gasteiger partial charge in [0.1, 0.15) is 11.9 Å². The van der Waals surface area contributed by atoms with E-state index in [1.807, 2.05) is 61.5 Å². The molecule has 1 aliphatic heterocycles. The molecule has 0 fully saturated rings. The van der Waals surface area contributed by atoms with Gasteiger partial charge in [0.2, 0.25) is 0 Å². The van der Waals surface area contributed by atoms with Crippen molar-refractivity contribution < 1.29 is 18.7 Å². The van der Waals surface area contributed by atoms with Crippen molar-refractivity contribution in [2.45, 2.75) is 19.6 Å². The maximum Gasteiger partial charge on any atom is 0.258 e. The number of rotatable bonds is 6. The van der Waals surface area contributed by atoms with Gasteiger partial charge >= 0.3 is 0 Å². The van der Waals surface area contributed by atoms with Gasteiger partial charge in [-0.3, -0.25) is 4.79 Å². The number of anilines is 1. The van der Waals surface area contributed by atoms with Crippen LogP contribution >= 0.6 is 0 Å². The van der Waals surface area contributed by atoms with E-state index < -0.39 is 0 Å². The summed E-state index contributed by atoms with van der Waals surface area (Å²) < 4.78 is 16.6. The first-order valence-electron chi connectivity index (χ1n) is 9.21. The monoisotopic (exact) mass is 378 g/mol. The van der Waals surface area contributed by atoms with Crippen LogP contribution in [-0.2, 0) is 6.54 Å². The summed E-state index contributed by atoms with van der Waals surface area (Å²) in [4.78, 5) is 15.0. The number of nitrogens with zero attached hydrogens (tertiary/aromatic N) is 1. The molecule has 2 aromatic carbocycles. The zero-order valence-electron chi connectivity index (χ0n) is 15.8. The molecule has 3 aromatic rings. The maximum atomic E-state index is 13.2. The van der Waals surface area contributed by atoms with Crippen molar-refractivity contribution in [1.29, 1.82) is 0 Å². The lowest BCUT2D eigenvalue weighted by Crippen LogP contribution is -2.42. The summed E-state index contributed by atoms with van der Waals surface area (Å²) in [6.07, 6.45) is 1.25. The van der Waals surface area contributed by atoms with Gasteiger partial charge in [0.15, 0.2) is 11.5 Å². The number of amides is 1. The third kappa shape index (κ3) is 3.29. The van der Waals surface area contributed by atoms with E-state index in [1.165, 1.54) is 0 Å². The lowest BCUT2D eigenvalue weighted by Gasteiger charge is -2.37. The summed E-state index contributed by atoms with van der Waals surface area (Å²) in [6.45, 7) is 2.80. The van der Waals surface area contributed by atoms with Crippen molar-refractivity contribution in [3.8, 4) is 11.5 Å². The molecular weight excluding hydrogens is 356 g/mol. The van der Waals surface area contributed by atoms with Gasteiger partial charge in [-0.1, -0.05) is 18.2 Å². The molecule has 1 aromatic heterocycles. The van der Waals surface area contributed by atoms with E-state index in [0.717, 1.165) is 17.0 Å². The average Bonchev–Trinajstić information content (AvgIpc) is 3.23. The van der Waals surface area contributed by atoms with E-state index in [1.54, 1.807) is 18.3 Å². The van der Waals surface area contributed by atoms with Crippen molar-refractivity contribution in [1.82, 2.24) is 4.90 Å². The molecule has 0 radical (unpaired) electrons. The number of hydrogen-bond acceptors (Lipinski definition) is 5. The fraction of sp³-hybridized carbons (Fsp3) is 0.227. The molecule has 0 saturated carbocycles. The highest BCUT2D eigenvalue weighted by atomic mass is 16.5. The Labute approximate surface area is 163 Å². The number of carbonyl (C=O) groups is 1. The minimum Gasteiger partial charge on any atom is -0.493 e. The van der Waals surface area contributed by atoms with Crippen LogP contribution in [0, 0.1) is 0 Å². The van der Waals surface area contributed by atoms with Crippen LogP contribution in [-0.4, -0.2) is 24.5 Å². The number of benzene rings is 2. The minimum absolute atomic E-state index is 0.0514. The predicted octanol–water partition coefficient (Wildman–Crippen LogP) is 4.45. The van der Waals surface area contributed by atoms with Crippen molar-refractivity contribution in [2.24, 2.45) is 0 Å². The smallest absolute Gasteiger partial charge is 0.258 e. The van der Waals surface area contributed by atoms with Gasteiger partial charge in [0, 0.05) is 5.69 Å². The van der Waals surface area contributed by atoms with Crippen molar-refractivity contribution in [3.05, 3.63) is 77.7 Å². The molecule has 28 heavy (non-hydrogen) atoms. The van der Waals surface area contributed by atoms with Crippen LogP contribution in [0.4, 0.5) is 5.69 Å². The molecule has 0 bridgehead atoms. The van der Waals surface area contributed by atoms with Crippen molar-refractivity contribution in [3.63, 3.8) is 0 Å². The number of methoxy groups -OCH3 is 1. The molecule has 0 aliphatic carbocycles. The second-order valence-corrected chi connectivity index (χ2v) is 6.45. The molecule has 1 atom stereocenters. The zero-order valence-corrected chi connectivity index (χ0v) is 15.8. The second kappa shape index (κ2) is 7.68. The summed E-state index contributed by atoms with van der Waals surface area (Å²) in [6, 6.07) is 16.9. The van der Waals surface area contributed by atoms with Gasteiger partial charge < -0.3 is 24.1 Å². The highest BCUT2D eigenvalue weighted by Crippen LogP contribution is 2.37. The van der Waals surface area contributed by atoms with Gasteiger partial charge in [-0.15, -0.1) is 0 Å². The zero-order chi connectivity index (χ0) is 19.5. The Hall–Kier alpha value is -3.41. The van der Waals surface area contributed by atoms with Gasteiger partial charge in [-0.25, -0.2) is 0 Å². The minimum atomic E-state index is -0.363. The summed E-state index contributed by atoms with van der Waals surface area (Å²) in [5, 5.41) is 3.48. The van der Waals surface area contributed by atoms with Gasteiger partial charge in [-0.05, 0) is 48.9 Å². The van der Waals surface area contributed by atoms with Crippen LogP contribution in [0.2, 0.25) is 0 Å². The highest BCUT2D eigenvalue weighted by molar-refractivity contribution is 6.01. The standard InChI is InChI=1S/C22H22N2O4/c1-3-27-20-13-15(10-11-19(20)26-2)21-23-18-9-5-4-8-17(18)22(25)24(21)14-16-7-6-12-28-16/h4-13,21,23H,3,14H2,1-2H3. The summed E-state index contributed by atoms with van der Waals surface area (Å²) in [5.41, 5.74) is 2.35. The predicted molar refractivity (Wildman–Crippen MR) is 106 cm³/mol. The summed E-state index contributed by atoms with van der Waals surface area (Å²) in [7, 11) is 1.61. The molecule has 4 rings (SSSR count). The average molecular weight is 378 g/mol. The molecule has 2 heterocycles. The third-order valence-electron chi connectivity index (χ3n) is 4.73. The fourth-order valence-corrected chi connectivity index (χ4v) is 3.42. The third-order valence-corrected chi connectivity index (χ3v) is 4.73. The highest BCUT2D eigenvalue weighted by Gasteiger charge is 2.33. The van der Waals surface area contributed by atoms with Gasteiger partial charge in [-0.2, -0.15) is 0 Å². The van der Waals surface area contributed by atoms with E-state index in [9.17, 15) is 4.79 Å². The van der Waals surface area contributed by atoms with E-state index >= 15 is 0 Å². The normalized spacial score (nSPS) is 15.7. The van der Waals surface area contributed by atoms with E-state index in [2.05, 4.69) is 5.32 Å². The molecule has 144 valence electrons. The Morgan fingerprint density at radius 3 is 2.71 bits per heavy atom. The Kier molecular flexibility index (Phi) is 4.93. The number of ether oxygens (including phenoxy) is 2. The van der Waals surface area contributed by atoms with Crippen molar-refractivity contribution >= 4 is 11.6 Å². The molecule has 1 aliphatic rings. The van der Waals surface area contributed by atoms with Crippen LogP contribution < -0.4 is 14.8 Å². The SMILES string of the molecule is CCOc1cc(C2Nc3ccccc3C(=O)N2Cc2ccco2)ccc1OC. The van der Waals surface area contributed by atoms with Crippen LogP contribution in [0.5, 0.6) is 11.5 Å². The lowest BCUT2D eigenvalue weighted by atomic mass is 10.0. The topological polar surface area (TPSA) is 63.9 Å². The first-order chi connectivity index (χ1) is 13.7. The number of para-hydroxylation sites is 1. The van der Waals surface area contributed by atoms with Crippen LogP contribution in [0.1, 0.15) is 34.8 Å². The summed E-state index contributed by atoms with van der Waals surface area (Å²) in [5.74, 6) is 1.97. The molecule has 1 amide bonds. The number of fused-ring (bicyclic) bond motifs is 1. The van der Waals surface area contributed by atoms with Crippen LogP contribution in [0.3, 0.4) is 0 Å². The number of nitrogens with one attached hydrogen (secondary N) is 1. The Bertz CT molecular complexity index is 968. The van der Waals surface area contributed by atoms with Crippen LogP contribution in [0.15, 0.2) is 65.3 Å². The summed E-state index contributed by atoms with van der Waals surface area (Å²) >= 11 is 0. The largest absolute Gasteiger partial charge is 0.493 e. The van der Waals surface area contributed by atoms with E-state index in [4.69, 9.17) is 13.9 Å². The fourth-order valence-electron chi connectivity index (χ4n) is 3.42.